The Balaban J connectivity index is -0.000000238. The van der Waals surface area contributed by atoms with Crippen molar-refractivity contribution >= 4 is 5.78 Å². The van der Waals surface area contributed by atoms with Crippen molar-refractivity contribution in [1.82, 2.24) is 0 Å². The third kappa shape index (κ3) is 17.8. The van der Waals surface area contributed by atoms with E-state index in [1.165, 1.54) is 6.08 Å². The molecule has 0 saturated carbocycles. The van der Waals surface area contributed by atoms with E-state index in [1.807, 2.05) is 53.7 Å². The normalized spacial score (nSPS) is 10.5. The SMILES string of the molecule is C=C.C=C/C=C(\C=C/C)C(=O)/C=C/C(C=C)=C/C.CC.CC. The van der Waals surface area contributed by atoms with Crippen LogP contribution in [-0.4, -0.2) is 5.78 Å². The molecule has 0 radical (unpaired) electrons. The number of ketones is 1. The molecule has 0 aromatic rings. The average Bonchev–Trinajstić information content (AvgIpc) is 2.60. The molecular weight excluding hydrogens is 268 g/mol. The molecule has 0 aliphatic heterocycles. The van der Waals surface area contributed by atoms with Gasteiger partial charge in [0.05, 0.1) is 0 Å². The first-order valence-electron chi connectivity index (χ1n) is 7.66. The summed E-state index contributed by atoms with van der Waals surface area (Å²) in [6.07, 6.45) is 13.8. The molecule has 0 fully saturated rings. The quantitative estimate of drug-likeness (QED) is 0.300. The molecule has 0 bridgehead atoms. The highest BCUT2D eigenvalue weighted by atomic mass is 16.1. The van der Waals surface area contributed by atoms with Crippen LogP contribution in [0.4, 0.5) is 0 Å². The molecule has 0 aliphatic rings. The molecule has 22 heavy (non-hydrogen) atoms. The summed E-state index contributed by atoms with van der Waals surface area (Å²) in [5, 5.41) is 0. The number of hydrogen-bond donors (Lipinski definition) is 0. The van der Waals surface area contributed by atoms with Gasteiger partial charge in [-0.2, -0.15) is 0 Å². The largest absolute Gasteiger partial charge is 0.289 e. The first-order chi connectivity index (χ1) is 10.7. The second-order valence-electron chi connectivity index (χ2n) is 3.05. The van der Waals surface area contributed by atoms with Crippen LogP contribution in [0.1, 0.15) is 41.5 Å². The van der Waals surface area contributed by atoms with Crippen LogP contribution in [0.3, 0.4) is 0 Å². The molecule has 0 heterocycles. The summed E-state index contributed by atoms with van der Waals surface area (Å²) in [6.45, 7) is 25.0. The second-order valence-corrected chi connectivity index (χ2v) is 3.05. The highest BCUT2D eigenvalue weighted by molar-refractivity contribution is 6.06. The van der Waals surface area contributed by atoms with E-state index in [9.17, 15) is 4.79 Å². The van der Waals surface area contributed by atoms with Crippen LogP contribution in [0, 0.1) is 0 Å². The Morgan fingerprint density at radius 1 is 0.864 bits per heavy atom. The topological polar surface area (TPSA) is 17.1 Å². The van der Waals surface area contributed by atoms with Gasteiger partial charge in [0.15, 0.2) is 5.78 Å². The van der Waals surface area contributed by atoms with Gasteiger partial charge in [0.25, 0.3) is 0 Å². The van der Waals surface area contributed by atoms with Crippen molar-refractivity contribution < 1.29 is 4.79 Å². The number of hydrogen-bond acceptors (Lipinski definition) is 1. The minimum absolute atomic E-state index is 0.0424. The Bertz CT molecular complexity index is 390. The Labute approximate surface area is 138 Å². The smallest absolute Gasteiger partial charge is 0.185 e. The first-order valence-corrected chi connectivity index (χ1v) is 7.66. The molecule has 0 amide bonds. The molecule has 0 spiro atoms. The summed E-state index contributed by atoms with van der Waals surface area (Å²) in [5.74, 6) is -0.0424. The van der Waals surface area contributed by atoms with Gasteiger partial charge in [-0.3, -0.25) is 4.79 Å². The van der Waals surface area contributed by atoms with Crippen LogP contribution in [-0.2, 0) is 4.79 Å². The standard InChI is InChI=1S/C15H18O.2C2H6.C2H4/c1-5-9-14(10-6-2)15(16)12-11-13(7-3)8-4;3*1-2/h5-12H,1,3H2,2,4H3;2*1-2H3;1-2H2/b10-6-,12-11+,13-8+,14-9+;;;. The lowest BCUT2D eigenvalue weighted by molar-refractivity contribution is -0.111. The molecule has 0 N–H and O–H groups in total. The minimum Gasteiger partial charge on any atom is -0.289 e. The fraction of sp³-hybridized carbons (Fsp3) is 0.286. The van der Waals surface area contributed by atoms with Gasteiger partial charge in [-0.05, 0) is 25.5 Å². The van der Waals surface area contributed by atoms with E-state index in [1.54, 1.807) is 30.4 Å². The predicted octanol–water partition coefficient (Wildman–Crippen LogP) is 6.79. The number of rotatable bonds is 6. The van der Waals surface area contributed by atoms with Gasteiger partial charge in [0.1, 0.15) is 0 Å². The molecule has 0 aromatic carbocycles. The fourth-order valence-electron chi connectivity index (χ4n) is 1.08. The summed E-state index contributed by atoms with van der Waals surface area (Å²) in [6, 6.07) is 0. The number of allylic oxidation sites excluding steroid dienone is 10. The molecular formula is C21H34O. The van der Waals surface area contributed by atoms with Gasteiger partial charge < -0.3 is 0 Å². The predicted molar refractivity (Wildman–Crippen MR) is 105 cm³/mol. The van der Waals surface area contributed by atoms with Crippen molar-refractivity contribution in [1.29, 1.82) is 0 Å². The summed E-state index contributed by atoms with van der Waals surface area (Å²) in [4.78, 5) is 11.7. The van der Waals surface area contributed by atoms with E-state index >= 15 is 0 Å². The highest BCUT2D eigenvalue weighted by Gasteiger charge is 2.00. The van der Waals surface area contributed by atoms with Crippen molar-refractivity contribution in [3.05, 3.63) is 86.1 Å². The van der Waals surface area contributed by atoms with Crippen molar-refractivity contribution in [3.63, 3.8) is 0 Å². The average molecular weight is 303 g/mol. The second kappa shape index (κ2) is 27.2. The molecule has 0 atom stereocenters. The first kappa shape index (κ1) is 28.1. The highest BCUT2D eigenvalue weighted by Crippen LogP contribution is 2.04. The lowest BCUT2D eigenvalue weighted by Crippen LogP contribution is -1.95. The Kier molecular flexibility index (Phi) is 34.8. The van der Waals surface area contributed by atoms with Crippen molar-refractivity contribution in [2.45, 2.75) is 41.5 Å². The molecule has 1 heteroatoms. The van der Waals surface area contributed by atoms with Crippen LogP contribution in [0.5, 0.6) is 0 Å². The van der Waals surface area contributed by atoms with E-state index in [-0.39, 0.29) is 5.78 Å². The van der Waals surface area contributed by atoms with Crippen LogP contribution in [0.25, 0.3) is 0 Å². The van der Waals surface area contributed by atoms with Crippen LogP contribution in [0.15, 0.2) is 86.1 Å². The molecule has 0 saturated heterocycles. The number of carbonyl (C=O) groups excluding carboxylic acids is 1. The minimum atomic E-state index is -0.0424. The third-order valence-corrected chi connectivity index (χ3v) is 1.92. The van der Waals surface area contributed by atoms with Gasteiger partial charge >= 0.3 is 0 Å². The van der Waals surface area contributed by atoms with Crippen LogP contribution in [0.2, 0.25) is 0 Å². The Hall–Kier alpha value is -2.15. The lowest BCUT2D eigenvalue weighted by atomic mass is 10.1. The van der Waals surface area contributed by atoms with E-state index in [4.69, 9.17) is 0 Å². The zero-order valence-corrected chi connectivity index (χ0v) is 15.4. The molecule has 0 rings (SSSR count). The summed E-state index contributed by atoms with van der Waals surface area (Å²) < 4.78 is 0. The van der Waals surface area contributed by atoms with E-state index in [0.717, 1.165) is 5.57 Å². The van der Waals surface area contributed by atoms with Crippen molar-refractivity contribution in [2.75, 3.05) is 0 Å². The van der Waals surface area contributed by atoms with E-state index in [0.29, 0.717) is 5.57 Å². The van der Waals surface area contributed by atoms with Gasteiger partial charge in [0.2, 0.25) is 0 Å². The monoisotopic (exact) mass is 302 g/mol. The zero-order valence-electron chi connectivity index (χ0n) is 15.4. The van der Waals surface area contributed by atoms with E-state index in [2.05, 4.69) is 26.3 Å². The van der Waals surface area contributed by atoms with Gasteiger partial charge in [-0.1, -0.05) is 83.4 Å². The maximum Gasteiger partial charge on any atom is 0.185 e. The maximum absolute atomic E-state index is 11.7. The number of carbonyl (C=O) groups is 1. The summed E-state index contributed by atoms with van der Waals surface area (Å²) in [7, 11) is 0. The van der Waals surface area contributed by atoms with Crippen LogP contribution >= 0.6 is 0 Å². The zero-order chi connectivity index (χ0) is 18.4. The van der Waals surface area contributed by atoms with Crippen molar-refractivity contribution in [3.8, 4) is 0 Å². The molecule has 0 aliphatic carbocycles. The third-order valence-electron chi connectivity index (χ3n) is 1.92. The van der Waals surface area contributed by atoms with Gasteiger partial charge in [0, 0.05) is 5.57 Å². The van der Waals surface area contributed by atoms with E-state index < -0.39 is 0 Å². The fourth-order valence-corrected chi connectivity index (χ4v) is 1.08. The van der Waals surface area contributed by atoms with Crippen LogP contribution < -0.4 is 0 Å². The lowest BCUT2D eigenvalue weighted by Gasteiger charge is -1.95. The van der Waals surface area contributed by atoms with Gasteiger partial charge in [-0.15, -0.1) is 13.2 Å². The Morgan fingerprint density at radius 3 is 1.68 bits per heavy atom. The molecule has 0 unspecified atom stereocenters. The van der Waals surface area contributed by atoms with Gasteiger partial charge in [-0.25, -0.2) is 0 Å². The molecule has 1 nitrogen and oxygen atoms in total. The molecule has 0 aromatic heterocycles. The maximum atomic E-state index is 11.7. The van der Waals surface area contributed by atoms with Crippen molar-refractivity contribution in [2.24, 2.45) is 0 Å². The summed E-state index contributed by atoms with van der Waals surface area (Å²) in [5.41, 5.74) is 1.54. The summed E-state index contributed by atoms with van der Waals surface area (Å²) >= 11 is 0. The Morgan fingerprint density at radius 2 is 1.36 bits per heavy atom. The molecule has 124 valence electrons.